The number of nitrogens with zero attached hydrogens (tertiary/aromatic N) is 2. The van der Waals surface area contributed by atoms with Crippen LogP contribution in [0.5, 0.6) is 0 Å². The highest BCUT2D eigenvalue weighted by molar-refractivity contribution is 7.90. The van der Waals surface area contributed by atoms with E-state index in [1.807, 2.05) is 30.5 Å². The molecule has 1 N–H and O–H groups in total. The van der Waals surface area contributed by atoms with Gasteiger partial charge in [-0.15, -0.1) is 11.3 Å². The largest absolute Gasteiger partial charge is 0.378 e. The van der Waals surface area contributed by atoms with Crippen molar-refractivity contribution in [3.05, 3.63) is 58.3 Å². The van der Waals surface area contributed by atoms with Crippen LogP contribution in [0.1, 0.15) is 17.4 Å². The Balaban J connectivity index is 1.53. The number of rotatable bonds is 5. The van der Waals surface area contributed by atoms with Crippen molar-refractivity contribution < 1.29 is 13.2 Å². The van der Waals surface area contributed by atoms with Gasteiger partial charge in [0.25, 0.3) is 0 Å². The summed E-state index contributed by atoms with van der Waals surface area (Å²) >= 11 is 7.54. The molecule has 1 aliphatic heterocycles. The maximum Gasteiger partial charge on any atom is 0.175 e. The summed E-state index contributed by atoms with van der Waals surface area (Å²) in [6, 6.07) is 10.9. The molecule has 1 aliphatic rings. The molecule has 6 nitrogen and oxygen atoms in total. The molecular formula is C19H20ClN3O3S2. The Morgan fingerprint density at radius 2 is 2.07 bits per heavy atom. The molecule has 9 heteroatoms. The maximum absolute atomic E-state index is 11.6. The van der Waals surface area contributed by atoms with Gasteiger partial charge in [0, 0.05) is 19.3 Å². The number of halogens is 1. The van der Waals surface area contributed by atoms with E-state index < -0.39 is 9.84 Å². The number of thiophene rings is 1. The summed E-state index contributed by atoms with van der Waals surface area (Å²) in [6.07, 6.45) is 3.04. The summed E-state index contributed by atoms with van der Waals surface area (Å²) < 4.78 is 29.7. The van der Waals surface area contributed by atoms with Gasteiger partial charge < -0.3 is 9.72 Å². The van der Waals surface area contributed by atoms with Crippen molar-refractivity contribution in [2.45, 2.75) is 17.5 Å². The molecule has 1 aromatic carbocycles. The standard InChI is InChI=1S/C19H20ClN3O3S2/c1-28(24,25)14-4-2-13(3-5-14)11-23-8-9-26-12-16(23)19-21-10-15(22-19)17-6-7-18(20)27-17/h2-7,10,16H,8-9,11-12H2,1H3,(H,21,22). The van der Waals surface area contributed by atoms with Crippen molar-refractivity contribution in [2.24, 2.45) is 0 Å². The third-order valence-corrected chi connectivity index (χ3v) is 7.12. The number of aromatic nitrogens is 2. The van der Waals surface area contributed by atoms with E-state index in [-0.39, 0.29) is 6.04 Å². The Labute approximate surface area is 173 Å². The summed E-state index contributed by atoms with van der Waals surface area (Å²) in [5, 5.41) is 0. The fraction of sp³-hybridized carbons (Fsp3) is 0.316. The van der Waals surface area contributed by atoms with Gasteiger partial charge in [-0.3, -0.25) is 4.90 Å². The molecule has 0 bridgehead atoms. The number of H-pyrrole nitrogens is 1. The van der Waals surface area contributed by atoms with Crippen molar-refractivity contribution >= 4 is 32.8 Å². The van der Waals surface area contributed by atoms with Crippen LogP contribution >= 0.6 is 22.9 Å². The van der Waals surface area contributed by atoms with Crippen LogP contribution in [0.2, 0.25) is 4.34 Å². The molecule has 0 aliphatic carbocycles. The molecule has 1 unspecified atom stereocenters. The van der Waals surface area contributed by atoms with Crippen molar-refractivity contribution in [1.29, 1.82) is 0 Å². The third-order valence-electron chi connectivity index (χ3n) is 4.73. The second-order valence-corrected chi connectivity index (χ2v) is 10.5. The lowest BCUT2D eigenvalue weighted by Crippen LogP contribution is -2.39. The monoisotopic (exact) mass is 437 g/mol. The lowest BCUT2D eigenvalue weighted by molar-refractivity contribution is -0.0156. The number of imidazole rings is 1. The van der Waals surface area contributed by atoms with E-state index >= 15 is 0 Å². The van der Waals surface area contributed by atoms with Crippen LogP contribution in [0.25, 0.3) is 10.6 Å². The average Bonchev–Trinajstić information content (AvgIpc) is 3.31. The van der Waals surface area contributed by atoms with E-state index in [0.717, 1.165) is 32.8 Å². The number of sulfone groups is 1. The highest BCUT2D eigenvalue weighted by Gasteiger charge is 2.27. The first-order valence-corrected chi connectivity index (χ1v) is 11.9. The summed E-state index contributed by atoms with van der Waals surface area (Å²) in [7, 11) is -3.19. The normalized spacial score (nSPS) is 18.4. The zero-order chi connectivity index (χ0) is 19.7. The second-order valence-electron chi connectivity index (χ2n) is 6.76. The van der Waals surface area contributed by atoms with Gasteiger partial charge in [0.15, 0.2) is 9.84 Å². The predicted molar refractivity (Wildman–Crippen MR) is 110 cm³/mol. The molecule has 0 saturated carbocycles. The highest BCUT2D eigenvalue weighted by Crippen LogP contribution is 2.32. The molecule has 2 aromatic heterocycles. The number of nitrogens with one attached hydrogen (secondary N) is 1. The first-order chi connectivity index (χ1) is 13.4. The van der Waals surface area contributed by atoms with E-state index in [1.165, 1.54) is 17.6 Å². The van der Waals surface area contributed by atoms with Crippen LogP contribution in [-0.4, -0.2) is 49.3 Å². The van der Waals surface area contributed by atoms with E-state index in [2.05, 4.69) is 14.9 Å². The lowest BCUT2D eigenvalue weighted by Gasteiger charge is -2.34. The number of ether oxygens (including phenoxy) is 1. The molecule has 1 fully saturated rings. The SMILES string of the molecule is CS(=O)(=O)c1ccc(CN2CCOCC2c2ncc(-c3ccc(Cl)s3)[nH]2)cc1. The zero-order valence-electron chi connectivity index (χ0n) is 15.3. The molecule has 28 heavy (non-hydrogen) atoms. The molecule has 148 valence electrons. The third kappa shape index (κ3) is 4.31. The van der Waals surface area contributed by atoms with Crippen LogP contribution in [0.4, 0.5) is 0 Å². The van der Waals surface area contributed by atoms with Crippen molar-refractivity contribution in [2.75, 3.05) is 26.0 Å². The minimum Gasteiger partial charge on any atom is -0.378 e. The minimum absolute atomic E-state index is 0.00696. The summed E-state index contributed by atoms with van der Waals surface area (Å²) in [5.74, 6) is 0.854. The van der Waals surface area contributed by atoms with Gasteiger partial charge in [-0.05, 0) is 29.8 Å². The quantitative estimate of drug-likeness (QED) is 0.657. The van der Waals surface area contributed by atoms with Crippen LogP contribution in [-0.2, 0) is 21.1 Å². The maximum atomic E-state index is 11.6. The van der Waals surface area contributed by atoms with Crippen molar-refractivity contribution in [3.63, 3.8) is 0 Å². The van der Waals surface area contributed by atoms with Crippen molar-refractivity contribution in [1.82, 2.24) is 14.9 Å². The lowest BCUT2D eigenvalue weighted by atomic mass is 10.1. The van der Waals surface area contributed by atoms with Gasteiger partial charge in [0.05, 0.1) is 45.3 Å². The van der Waals surface area contributed by atoms with Gasteiger partial charge in [-0.1, -0.05) is 23.7 Å². The van der Waals surface area contributed by atoms with Crippen molar-refractivity contribution in [3.8, 4) is 10.6 Å². The van der Waals surface area contributed by atoms with Gasteiger partial charge in [0.2, 0.25) is 0 Å². The van der Waals surface area contributed by atoms with Crippen LogP contribution in [0, 0.1) is 0 Å². The van der Waals surface area contributed by atoms with Gasteiger partial charge >= 0.3 is 0 Å². The number of hydrogen-bond donors (Lipinski definition) is 1. The number of benzene rings is 1. The number of aromatic amines is 1. The van der Waals surface area contributed by atoms with Crippen LogP contribution in [0.3, 0.4) is 0 Å². The molecule has 4 rings (SSSR count). The summed E-state index contributed by atoms with van der Waals surface area (Å²) in [4.78, 5) is 11.6. The average molecular weight is 438 g/mol. The number of hydrogen-bond acceptors (Lipinski definition) is 6. The summed E-state index contributed by atoms with van der Waals surface area (Å²) in [5.41, 5.74) is 1.99. The fourth-order valence-electron chi connectivity index (χ4n) is 3.25. The van der Waals surface area contributed by atoms with E-state index in [4.69, 9.17) is 16.3 Å². The smallest absolute Gasteiger partial charge is 0.175 e. The molecular weight excluding hydrogens is 418 g/mol. The van der Waals surface area contributed by atoms with Crippen LogP contribution < -0.4 is 0 Å². The fourth-order valence-corrected chi connectivity index (χ4v) is 4.88. The molecule has 3 heterocycles. The first-order valence-electron chi connectivity index (χ1n) is 8.81. The summed E-state index contributed by atoms with van der Waals surface area (Å²) in [6.45, 7) is 2.68. The first kappa shape index (κ1) is 19.6. The highest BCUT2D eigenvalue weighted by atomic mass is 35.5. The van der Waals surface area contributed by atoms with Gasteiger partial charge in [-0.2, -0.15) is 0 Å². The minimum atomic E-state index is -3.19. The predicted octanol–water partition coefficient (Wildman–Crippen LogP) is 3.77. The molecule has 1 atom stereocenters. The second kappa shape index (κ2) is 7.96. The Kier molecular flexibility index (Phi) is 5.57. The van der Waals surface area contributed by atoms with E-state index in [9.17, 15) is 8.42 Å². The van der Waals surface area contributed by atoms with E-state index in [1.54, 1.807) is 12.1 Å². The van der Waals surface area contributed by atoms with E-state index in [0.29, 0.717) is 24.7 Å². The molecule has 0 radical (unpaired) electrons. The Hall–Kier alpha value is -1.71. The Morgan fingerprint density at radius 1 is 1.29 bits per heavy atom. The molecule has 3 aromatic rings. The van der Waals surface area contributed by atoms with Crippen LogP contribution in [0.15, 0.2) is 47.5 Å². The molecule has 1 saturated heterocycles. The number of morpholine rings is 1. The van der Waals surface area contributed by atoms with Gasteiger partial charge in [0.1, 0.15) is 5.82 Å². The topological polar surface area (TPSA) is 75.3 Å². The Morgan fingerprint density at radius 3 is 2.75 bits per heavy atom. The zero-order valence-corrected chi connectivity index (χ0v) is 17.6. The van der Waals surface area contributed by atoms with Gasteiger partial charge in [-0.25, -0.2) is 13.4 Å². The molecule has 0 amide bonds. The molecule has 0 spiro atoms. The Bertz CT molecular complexity index is 1060.